The van der Waals surface area contributed by atoms with Crippen molar-refractivity contribution in [2.24, 2.45) is 5.92 Å². The quantitative estimate of drug-likeness (QED) is 0.393. The van der Waals surface area contributed by atoms with Gasteiger partial charge in [0, 0.05) is 36.6 Å². The summed E-state index contributed by atoms with van der Waals surface area (Å²) in [7, 11) is 0.365. The fraction of sp³-hybridized carbons (Fsp3) is 0.440. The van der Waals surface area contributed by atoms with Gasteiger partial charge in [0.2, 0.25) is 10.0 Å². The van der Waals surface area contributed by atoms with Gasteiger partial charge < -0.3 is 4.90 Å². The van der Waals surface area contributed by atoms with Crippen LogP contribution < -0.4 is 4.90 Å². The van der Waals surface area contributed by atoms with Gasteiger partial charge in [-0.2, -0.15) is 4.31 Å². The highest BCUT2D eigenvalue weighted by molar-refractivity contribution is 7.98. The van der Waals surface area contributed by atoms with Crippen molar-refractivity contribution < 1.29 is 13.2 Å². The molecule has 3 aromatic rings. The number of hydrogen-bond donors (Lipinski definition) is 0. The third kappa shape index (κ3) is 5.89. The van der Waals surface area contributed by atoms with Crippen LogP contribution in [-0.2, 0) is 10.0 Å². The second-order valence-corrected chi connectivity index (χ2v) is 13.1. The van der Waals surface area contributed by atoms with Gasteiger partial charge in [-0.3, -0.25) is 9.69 Å². The monoisotopic (exact) mass is 532 g/mol. The van der Waals surface area contributed by atoms with E-state index in [1.54, 1.807) is 45.2 Å². The van der Waals surface area contributed by atoms with Crippen molar-refractivity contribution in [2.45, 2.75) is 29.6 Å². The molecule has 1 fully saturated rings. The summed E-state index contributed by atoms with van der Waals surface area (Å²) in [5.74, 6) is 0.164. The molecule has 0 spiro atoms. The van der Waals surface area contributed by atoms with Crippen LogP contribution in [0.25, 0.3) is 10.2 Å². The molecule has 10 heteroatoms. The largest absolute Gasteiger partial charge is 0.308 e. The molecule has 2 aromatic carbocycles. The molecule has 0 radical (unpaired) electrons. The third-order valence-electron chi connectivity index (χ3n) is 6.19. The van der Waals surface area contributed by atoms with E-state index in [0.717, 1.165) is 28.0 Å². The molecule has 188 valence electrons. The van der Waals surface area contributed by atoms with E-state index in [1.807, 2.05) is 37.4 Å². The van der Waals surface area contributed by atoms with Gasteiger partial charge in [0.1, 0.15) is 0 Å². The molecule has 0 N–H and O–H groups in total. The number of piperidine rings is 1. The first-order valence-electron chi connectivity index (χ1n) is 11.7. The summed E-state index contributed by atoms with van der Waals surface area (Å²) in [6.45, 7) is 4.32. The second-order valence-electron chi connectivity index (χ2n) is 9.22. The first-order chi connectivity index (χ1) is 16.7. The Morgan fingerprint density at radius 3 is 2.57 bits per heavy atom. The number of nitrogens with zero attached hydrogens (tertiary/aromatic N) is 4. The highest BCUT2D eigenvalue weighted by Crippen LogP contribution is 2.32. The van der Waals surface area contributed by atoms with Crippen molar-refractivity contribution in [3.8, 4) is 0 Å². The fourth-order valence-electron chi connectivity index (χ4n) is 4.16. The maximum Gasteiger partial charge on any atom is 0.260 e. The molecule has 1 aliphatic rings. The Balaban J connectivity index is 1.61. The van der Waals surface area contributed by atoms with Crippen LogP contribution in [0.2, 0.25) is 0 Å². The zero-order valence-electron chi connectivity index (χ0n) is 20.6. The Kier molecular flexibility index (Phi) is 8.17. The number of benzene rings is 2. The molecular formula is C25H32N4O3S3. The maximum absolute atomic E-state index is 13.6. The molecule has 1 unspecified atom stereocenters. The number of thiazole rings is 1. The van der Waals surface area contributed by atoms with Gasteiger partial charge in [0.05, 0.1) is 15.1 Å². The minimum atomic E-state index is -3.57. The van der Waals surface area contributed by atoms with Crippen molar-refractivity contribution in [2.75, 3.05) is 51.4 Å². The van der Waals surface area contributed by atoms with E-state index in [4.69, 9.17) is 4.98 Å². The number of hydrogen-bond acceptors (Lipinski definition) is 7. The SMILES string of the molecule is CSc1ccc2nc(N(CCN(C)C)C(=O)c3ccc(S(=O)(=O)N4CCCC(C)C4)cc3)sc2c1. The normalized spacial score (nSPS) is 17.2. The molecule has 1 aromatic heterocycles. The molecule has 1 aliphatic heterocycles. The van der Waals surface area contributed by atoms with Crippen molar-refractivity contribution in [3.05, 3.63) is 48.0 Å². The predicted molar refractivity (Wildman–Crippen MR) is 145 cm³/mol. The Morgan fingerprint density at radius 1 is 1.17 bits per heavy atom. The Hall–Kier alpha value is -1.98. The average Bonchev–Trinajstić information content (AvgIpc) is 3.26. The molecule has 0 bridgehead atoms. The zero-order valence-corrected chi connectivity index (χ0v) is 23.0. The first-order valence-corrected chi connectivity index (χ1v) is 15.2. The molecule has 0 saturated carbocycles. The average molecular weight is 533 g/mol. The van der Waals surface area contributed by atoms with Crippen molar-refractivity contribution in [1.29, 1.82) is 0 Å². The van der Waals surface area contributed by atoms with Crippen LogP contribution in [0.4, 0.5) is 5.13 Å². The summed E-state index contributed by atoms with van der Waals surface area (Å²) in [6, 6.07) is 12.4. The number of carbonyl (C=O) groups is 1. The van der Waals surface area contributed by atoms with Crippen LogP contribution in [0.5, 0.6) is 0 Å². The summed E-state index contributed by atoms with van der Waals surface area (Å²) in [6.07, 6.45) is 3.96. The van der Waals surface area contributed by atoms with Crippen LogP contribution in [-0.4, -0.2) is 75.0 Å². The molecule has 7 nitrogen and oxygen atoms in total. The third-order valence-corrected chi connectivity index (χ3v) is 9.84. The first kappa shape index (κ1) is 26.1. The maximum atomic E-state index is 13.6. The van der Waals surface area contributed by atoms with E-state index in [0.29, 0.717) is 42.8 Å². The Morgan fingerprint density at radius 2 is 1.91 bits per heavy atom. The van der Waals surface area contributed by atoms with E-state index in [2.05, 4.69) is 13.0 Å². The summed E-state index contributed by atoms with van der Waals surface area (Å²) >= 11 is 3.17. The molecule has 0 aliphatic carbocycles. The van der Waals surface area contributed by atoms with Crippen LogP contribution >= 0.6 is 23.1 Å². The highest BCUT2D eigenvalue weighted by atomic mass is 32.2. The summed E-state index contributed by atoms with van der Waals surface area (Å²) in [5, 5.41) is 0.643. The van der Waals surface area contributed by atoms with Gasteiger partial charge in [-0.25, -0.2) is 13.4 Å². The minimum absolute atomic E-state index is 0.188. The van der Waals surface area contributed by atoms with E-state index >= 15 is 0 Å². The van der Waals surface area contributed by atoms with Gasteiger partial charge in [-0.05, 0) is 81.6 Å². The summed E-state index contributed by atoms with van der Waals surface area (Å²) in [5.41, 5.74) is 1.31. The van der Waals surface area contributed by atoms with E-state index in [9.17, 15) is 13.2 Å². The lowest BCUT2D eigenvalue weighted by Gasteiger charge is -2.30. The number of anilines is 1. The van der Waals surface area contributed by atoms with E-state index in [1.165, 1.54) is 11.3 Å². The number of carbonyl (C=O) groups excluding carboxylic acids is 1. The van der Waals surface area contributed by atoms with E-state index < -0.39 is 10.0 Å². The molecule has 1 saturated heterocycles. The van der Waals surface area contributed by atoms with Gasteiger partial charge in [0.25, 0.3) is 5.91 Å². The lowest BCUT2D eigenvalue weighted by Crippen LogP contribution is -2.39. The van der Waals surface area contributed by atoms with Gasteiger partial charge in [-0.1, -0.05) is 18.3 Å². The highest BCUT2D eigenvalue weighted by Gasteiger charge is 2.29. The molecule has 1 atom stereocenters. The number of likely N-dealkylation sites (N-methyl/N-ethyl adjacent to an activating group) is 1. The van der Waals surface area contributed by atoms with Crippen LogP contribution in [0.15, 0.2) is 52.3 Å². The number of thioether (sulfide) groups is 1. The lowest BCUT2D eigenvalue weighted by molar-refractivity contribution is 0.0985. The van der Waals surface area contributed by atoms with Gasteiger partial charge >= 0.3 is 0 Å². The second kappa shape index (κ2) is 11.0. The molecule has 4 rings (SSSR count). The standard InChI is InChI=1S/C25H32N4O3S3/c1-18-6-5-13-28(17-18)35(31,32)21-10-7-19(8-11-21)24(30)29(15-14-27(2)3)25-26-22-12-9-20(33-4)16-23(22)34-25/h7-12,16,18H,5-6,13-15,17H2,1-4H3. The number of sulfonamides is 1. The van der Waals surface area contributed by atoms with Crippen molar-refractivity contribution in [1.82, 2.24) is 14.2 Å². The van der Waals surface area contributed by atoms with Gasteiger partial charge in [-0.15, -0.1) is 11.8 Å². The predicted octanol–water partition coefficient (Wildman–Crippen LogP) is 4.65. The molecular weight excluding hydrogens is 501 g/mol. The van der Waals surface area contributed by atoms with E-state index in [-0.39, 0.29) is 10.8 Å². The van der Waals surface area contributed by atoms with Crippen molar-refractivity contribution >= 4 is 54.4 Å². The van der Waals surface area contributed by atoms with Crippen LogP contribution in [0.1, 0.15) is 30.1 Å². The van der Waals surface area contributed by atoms with Gasteiger partial charge in [0.15, 0.2) is 5.13 Å². The summed E-state index contributed by atoms with van der Waals surface area (Å²) in [4.78, 5) is 23.4. The zero-order chi connectivity index (χ0) is 25.2. The van der Waals surface area contributed by atoms with Crippen LogP contribution in [0.3, 0.4) is 0 Å². The number of amides is 1. The fourth-order valence-corrected chi connectivity index (χ4v) is 7.30. The van der Waals surface area contributed by atoms with Crippen molar-refractivity contribution in [3.63, 3.8) is 0 Å². The number of rotatable bonds is 8. The lowest BCUT2D eigenvalue weighted by atomic mass is 10.0. The van der Waals surface area contributed by atoms with Crippen LogP contribution in [0, 0.1) is 5.92 Å². The summed E-state index contributed by atoms with van der Waals surface area (Å²) < 4.78 is 28.8. The Labute approximate surface area is 216 Å². The smallest absolute Gasteiger partial charge is 0.260 e. The Bertz CT molecular complexity index is 1290. The topological polar surface area (TPSA) is 73.8 Å². The number of aromatic nitrogens is 1. The minimum Gasteiger partial charge on any atom is -0.308 e. The molecule has 1 amide bonds. The molecule has 35 heavy (non-hydrogen) atoms. The molecule has 2 heterocycles. The number of fused-ring (bicyclic) bond motifs is 1.